The molecular weight excluding hydrogens is 466 g/mol. The van der Waals surface area contributed by atoms with Gasteiger partial charge >= 0.3 is 5.97 Å². The van der Waals surface area contributed by atoms with Gasteiger partial charge in [-0.2, -0.15) is 0 Å². The molecule has 2 aromatic rings. The second kappa shape index (κ2) is 7.47. The minimum atomic E-state index is -0.886. The van der Waals surface area contributed by atoms with Crippen LogP contribution in [0.25, 0.3) is 0 Å². The summed E-state index contributed by atoms with van der Waals surface area (Å²) in [7, 11) is 0. The summed E-state index contributed by atoms with van der Waals surface area (Å²) in [6.07, 6.45) is 3.96. The van der Waals surface area contributed by atoms with Crippen LogP contribution in [0.2, 0.25) is 5.02 Å². The Labute approximate surface area is 209 Å². The molecule has 35 heavy (non-hydrogen) atoms. The molecule has 0 amide bonds. The summed E-state index contributed by atoms with van der Waals surface area (Å²) in [4.78, 5) is 29.4. The first kappa shape index (κ1) is 21.7. The number of phenols is 1. The molecule has 7 rings (SSSR count). The molecule has 182 valence electrons. The van der Waals surface area contributed by atoms with E-state index in [-0.39, 0.29) is 30.0 Å². The number of likely N-dealkylation sites (tertiary alicyclic amines) is 1. The number of aromatic hydroxyl groups is 1. The van der Waals surface area contributed by atoms with Gasteiger partial charge in [0.1, 0.15) is 5.60 Å². The van der Waals surface area contributed by atoms with Gasteiger partial charge in [0.2, 0.25) is 0 Å². The lowest BCUT2D eigenvalue weighted by Gasteiger charge is -2.63. The standard InChI is InChI=1S/C28H28ClNO5/c29-19-4-2-1-3-17(19)14-23(33)35-28-10-9-21(32)26-27(28)11-12-30(15-16-5-6-16)22(28)13-18-7-8-20(31)25(34-26)24(18)27/h1-4,7-8,16,22,26,31H,5-6,9-15H2/t22?,26-,27-,28+/m0/s1. The van der Waals surface area contributed by atoms with Gasteiger partial charge in [-0.15, -0.1) is 0 Å². The van der Waals surface area contributed by atoms with Crippen LogP contribution in [0.3, 0.4) is 0 Å². The highest BCUT2D eigenvalue weighted by Gasteiger charge is 2.75. The first-order chi connectivity index (χ1) is 16.9. The third kappa shape index (κ3) is 2.93. The number of hydrogen-bond donors (Lipinski definition) is 1. The third-order valence-corrected chi connectivity index (χ3v) is 9.48. The summed E-state index contributed by atoms with van der Waals surface area (Å²) in [5.74, 6) is 0.845. The fourth-order valence-corrected chi connectivity index (χ4v) is 7.68. The molecule has 1 unspecified atom stereocenters. The molecule has 0 radical (unpaired) electrons. The Morgan fingerprint density at radius 1 is 1.20 bits per heavy atom. The Kier molecular flexibility index (Phi) is 4.63. The smallest absolute Gasteiger partial charge is 0.310 e. The van der Waals surface area contributed by atoms with E-state index in [0.717, 1.165) is 29.8 Å². The van der Waals surface area contributed by atoms with E-state index in [1.165, 1.54) is 12.8 Å². The normalized spacial score (nSPS) is 32.7. The van der Waals surface area contributed by atoms with Crippen molar-refractivity contribution in [1.29, 1.82) is 0 Å². The van der Waals surface area contributed by atoms with E-state index in [2.05, 4.69) is 4.90 Å². The zero-order valence-corrected chi connectivity index (χ0v) is 20.2. The van der Waals surface area contributed by atoms with E-state index in [1.807, 2.05) is 24.3 Å². The van der Waals surface area contributed by atoms with Crippen molar-refractivity contribution in [3.63, 3.8) is 0 Å². The average Bonchev–Trinajstić information content (AvgIpc) is 3.58. The molecule has 4 atom stereocenters. The highest BCUT2D eigenvalue weighted by atomic mass is 35.5. The fourth-order valence-electron chi connectivity index (χ4n) is 7.48. The number of nitrogens with zero attached hydrogens (tertiary/aromatic N) is 1. The Hall–Kier alpha value is -2.57. The molecule has 7 heteroatoms. The maximum atomic E-state index is 13.6. The predicted octanol–water partition coefficient (Wildman–Crippen LogP) is 3.97. The molecule has 3 fully saturated rings. The molecule has 6 nitrogen and oxygen atoms in total. The van der Waals surface area contributed by atoms with Crippen molar-refractivity contribution in [2.75, 3.05) is 13.1 Å². The quantitative estimate of drug-likeness (QED) is 0.635. The number of ether oxygens (including phenoxy) is 2. The Morgan fingerprint density at radius 3 is 2.83 bits per heavy atom. The number of phenolic OH excluding ortho intramolecular Hbond substituents is 1. The van der Waals surface area contributed by atoms with Crippen LogP contribution in [0, 0.1) is 5.92 Å². The van der Waals surface area contributed by atoms with Crippen molar-refractivity contribution in [2.45, 2.75) is 68.1 Å². The zero-order valence-electron chi connectivity index (χ0n) is 19.5. The van der Waals surface area contributed by atoms with Crippen molar-refractivity contribution >= 4 is 23.4 Å². The van der Waals surface area contributed by atoms with Gasteiger partial charge in [0.15, 0.2) is 23.4 Å². The molecular formula is C28H28ClNO5. The van der Waals surface area contributed by atoms with E-state index in [1.54, 1.807) is 12.1 Å². The van der Waals surface area contributed by atoms with Gasteiger partial charge in [0.05, 0.1) is 17.9 Å². The first-order valence-electron chi connectivity index (χ1n) is 12.7. The Bertz CT molecular complexity index is 1260. The Morgan fingerprint density at radius 2 is 2.03 bits per heavy atom. The van der Waals surface area contributed by atoms with Gasteiger partial charge in [-0.1, -0.05) is 35.9 Å². The van der Waals surface area contributed by atoms with Gasteiger partial charge in [0, 0.05) is 23.6 Å². The summed E-state index contributed by atoms with van der Waals surface area (Å²) in [6, 6.07) is 10.9. The number of rotatable bonds is 5. The molecule has 1 spiro atoms. The second-order valence-electron chi connectivity index (χ2n) is 10.9. The molecule has 2 saturated carbocycles. The molecule has 2 aromatic carbocycles. The maximum absolute atomic E-state index is 13.6. The molecule has 2 aliphatic heterocycles. The van der Waals surface area contributed by atoms with Crippen molar-refractivity contribution in [2.24, 2.45) is 5.92 Å². The molecule has 1 saturated heterocycles. The number of hydrogen-bond acceptors (Lipinski definition) is 6. The number of Topliss-reactive ketones (excluding diaryl/α,β-unsaturated/α-hetero) is 1. The van der Waals surface area contributed by atoms with E-state index in [9.17, 15) is 14.7 Å². The fraction of sp³-hybridized carbons (Fsp3) is 0.500. The molecule has 2 heterocycles. The van der Waals surface area contributed by atoms with Gasteiger partial charge < -0.3 is 14.6 Å². The van der Waals surface area contributed by atoms with Gasteiger partial charge in [-0.25, -0.2) is 0 Å². The van der Waals surface area contributed by atoms with Crippen molar-refractivity contribution in [1.82, 2.24) is 4.90 Å². The summed E-state index contributed by atoms with van der Waals surface area (Å²) < 4.78 is 12.9. The Balaban J connectivity index is 1.36. The van der Waals surface area contributed by atoms with Gasteiger partial charge in [0.25, 0.3) is 0 Å². The molecule has 2 bridgehead atoms. The summed E-state index contributed by atoms with van der Waals surface area (Å²) >= 11 is 6.36. The minimum absolute atomic E-state index is 0.0284. The largest absolute Gasteiger partial charge is 0.504 e. The number of esters is 1. The van der Waals surface area contributed by atoms with Crippen LogP contribution in [0.1, 0.15) is 48.8 Å². The average molecular weight is 494 g/mol. The lowest BCUT2D eigenvalue weighted by Crippen LogP contribution is -2.77. The number of carbonyl (C=O) groups excluding carboxylic acids is 2. The van der Waals surface area contributed by atoms with E-state index < -0.39 is 17.1 Å². The second-order valence-corrected chi connectivity index (χ2v) is 11.3. The van der Waals surface area contributed by atoms with Crippen LogP contribution < -0.4 is 4.74 Å². The summed E-state index contributed by atoms with van der Waals surface area (Å²) in [5.41, 5.74) is 1.06. The highest BCUT2D eigenvalue weighted by Crippen LogP contribution is 2.66. The summed E-state index contributed by atoms with van der Waals surface area (Å²) in [6.45, 7) is 1.82. The van der Waals surface area contributed by atoms with Crippen molar-refractivity contribution < 1.29 is 24.2 Å². The van der Waals surface area contributed by atoms with E-state index >= 15 is 0 Å². The molecule has 5 aliphatic rings. The molecule has 0 aromatic heterocycles. The van der Waals surface area contributed by atoms with Crippen molar-refractivity contribution in [3.8, 4) is 11.5 Å². The number of benzene rings is 2. The number of piperidine rings is 1. The predicted molar refractivity (Wildman–Crippen MR) is 129 cm³/mol. The van der Waals surface area contributed by atoms with Crippen LogP contribution in [0.15, 0.2) is 36.4 Å². The van der Waals surface area contributed by atoms with Crippen LogP contribution in [0.5, 0.6) is 11.5 Å². The van der Waals surface area contributed by atoms with Crippen LogP contribution in [0.4, 0.5) is 0 Å². The highest BCUT2D eigenvalue weighted by molar-refractivity contribution is 6.31. The summed E-state index contributed by atoms with van der Waals surface area (Å²) in [5, 5.41) is 11.2. The lowest BCUT2D eigenvalue weighted by molar-refractivity contribution is -0.215. The molecule has 1 N–H and O–H groups in total. The van der Waals surface area contributed by atoms with Crippen LogP contribution in [-0.4, -0.2) is 52.6 Å². The van der Waals surface area contributed by atoms with Crippen LogP contribution >= 0.6 is 11.6 Å². The number of ketones is 1. The SMILES string of the molecule is O=C(Cc1ccccc1Cl)O[C@@]12CCC(=O)[C@@H]3Oc4c(O)ccc5c4[C@@]31CCN(CC1CC1)C2C5. The molecule has 3 aliphatic carbocycles. The number of halogens is 1. The lowest BCUT2D eigenvalue weighted by atomic mass is 9.48. The number of carbonyl (C=O) groups is 2. The maximum Gasteiger partial charge on any atom is 0.310 e. The minimum Gasteiger partial charge on any atom is -0.504 e. The third-order valence-electron chi connectivity index (χ3n) is 9.11. The van der Waals surface area contributed by atoms with E-state index in [4.69, 9.17) is 21.1 Å². The van der Waals surface area contributed by atoms with Gasteiger partial charge in [-0.3, -0.25) is 14.5 Å². The van der Waals surface area contributed by atoms with E-state index in [0.29, 0.717) is 42.4 Å². The van der Waals surface area contributed by atoms with Crippen molar-refractivity contribution in [3.05, 3.63) is 58.1 Å². The topological polar surface area (TPSA) is 76.1 Å². The zero-order chi connectivity index (χ0) is 23.9. The monoisotopic (exact) mass is 493 g/mol. The van der Waals surface area contributed by atoms with Gasteiger partial charge in [-0.05, 0) is 67.8 Å². The first-order valence-corrected chi connectivity index (χ1v) is 13.0. The van der Waals surface area contributed by atoms with Crippen LogP contribution in [-0.2, 0) is 32.6 Å².